The molecule has 5 heteroatoms. The van der Waals surface area contributed by atoms with E-state index in [1.54, 1.807) is 25.4 Å². The van der Waals surface area contributed by atoms with Crippen LogP contribution in [0.15, 0.2) is 18.3 Å². The number of hydrogen-bond donors (Lipinski definition) is 0. The smallest absolute Gasteiger partial charge is 0.254 e. The van der Waals surface area contributed by atoms with Gasteiger partial charge < -0.3 is 9.64 Å². The number of methoxy groups -OCH3 is 1. The molecule has 0 aromatic carbocycles. The number of amides is 1. The zero-order valence-electron chi connectivity index (χ0n) is 13.3. The van der Waals surface area contributed by atoms with Crippen LogP contribution < -0.4 is 4.74 Å². The Labute approximate surface area is 132 Å². The summed E-state index contributed by atoms with van der Waals surface area (Å²) < 4.78 is 5.11. The van der Waals surface area contributed by atoms with Gasteiger partial charge in [0.05, 0.1) is 7.11 Å². The standard InChI is InChI=1S/C17H25N3O2/c1-22-16-13-14(7-8-18-16)17(21)20-10-4-9-19(11-12-20)15-5-2-3-6-15/h7-8,13,15H,2-6,9-12H2,1H3. The van der Waals surface area contributed by atoms with Gasteiger partial charge in [-0.3, -0.25) is 9.69 Å². The Morgan fingerprint density at radius 1 is 1.18 bits per heavy atom. The number of aromatic nitrogens is 1. The Hall–Kier alpha value is -1.62. The van der Waals surface area contributed by atoms with Gasteiger partial charge in [0.25, 0.3) is 5.91 Å². The van der Waals surface area contributed by atoms with E-state index in [2.05, 4.69) is 9.88 Å². The molecule has 2 fully saturated rings. The van der Waals surface area contributed by atoms with E-state index in [-0.39, 0.29) is 5.91 Å². The van der Waals surface area contributed by atoms with Gasteiger partial charge in [-0.25, -0.2) is 4.98 Å². The number of hydrogen-bond acceptors (Lipinski definition) is 4. The number of carbonyl (C=O) groups excluding carboxylic acids is 1. The molecule has 0 atom stereocenters. The third-order valence-electron chi connectivity index (χ3n) is 4.85. The van der Waals surface area contributed by atoms with Gasteiger partial charge in [0.15, 0.2) is 0 Å². The largest absolute Gasteiger partial charge is 0.481 e. The van der Waals surface area contributed by atoms with Crippen LogP contribution in [-0.4, -0.2) is 60.0 Å². The van der Waals surface area contributed by atoms with Crippen molar-refractivity contribution < 1.29 is 9.53 Å². The highest BCUT2D eigenvalue weighted by molar-refractivity contribution is 5.94. The first-order valence-electron chi connectivity index (χ1n) is 8.31. The molecule has 2 aliphatic rings. The number of ether oxygens (including phenoxy) is 1. The summed E-state index contributed by atoms with van der Waals surface area (Å²) in [6, 6.07) is 4.24. The van der Waals surface area contributed by atoms with Crippen LogP contribution in [0, 0.1) is 0 Å². The summed E-state index contributed by atoms with van der Waals surface area (Å²) in [4.78, 5) is 21.3. The van der Waals surface area contributed by atoms with E-state index in [1.807, 2.05) is 4.90 Å². The number of nitrogens with zero attached hydrogens (tertiary/aromatic N) is 3. The lowest BCUT2D eigenvalue weighted by molar-refractivity contribution is 0.0757. The zero-order valence-corrected chi connectivity index (χ0v) is 13.3. The Kier molecular flexibility index (Phi) is 4.93. The highest BCUT2D eigenvalue weighted by Gasteiger charge is 2.26. The molecule has 0 radical (unpaired) electrons. The third-order valence-corrected chi connectivity index (χ3v) is 4.85. The first-order chi connectivity index (χ1) is 10.8. The molecule has 1 saturated carbocycles. The molecule has 1 aromatic heterocycles. The molecule has 0 N–H and O–H groups in total. The van der Waals surface area contributed by atoms with Crippen LogP contribution in [-0.2, 0) is 0 Å². The van der Waals surface area contributed by atoms with E-state index >= 15 is 0 Å². The van der Waals surface area contributed by atoms with Gasteiger partial charge in [0.2, 0.25) is 5.88 Å². The van der Waals surface area contributed by atoms with Crippen LogP contribution in [0.5, 0.6) is 5.88 Å². The van der Waals surface area contributed by atoms with Crippen molar-refractivity contribution in [2.24, 2.45) is 0 Å². The van der Waals surface area contributed by atoms with Crippen molar-refractivity contribution in [3.8, 4) is 5.88 Å². The Bertz CT molecular complexity index is 514. The van der Waals surface area contributed by atoms with Gasteiger partial charge in [-0.05, 0) is 25.3 Å². The van der Waals surface area contributed by atoms with Crippen molar-refractivity contribution in [3.63, 3.8) is 0 Å². The average molecular weight is 303 g/mol. The minimum Gasteiger partial charge on any atom is -0.481 e. The Balaban J connectivity index is 1.63. The van der Waals surface area contributed by atoms with E-state index in [0.717, 1.165) is 38.6 Å². The third kappa shape index (κ3) is 3.40. The summed E-state index contributed by atoms with van der Waals surface area (Å²) >= 11 is 0. The fraction of sp³-hybridized carbons (Fsp3) is 0.647. The fourth-order valence-corrected chi connectivity index (χ4v) is 3.61. The highest BCUT2D eigenvalue weighted by Crippen LogP contribution is 2.24. The summed E-state index contributed by atoms with van der Waals surface area (Å²) in [5, 5.41) is 0. The Morgan fingerprint density at radius 2 is 2.00 bits per heavy atom. The molecule has 120 valence electrons. The minimum absolute atomic E-state index is 0.0916. The van der Waals surface area contributed by atoms with Crippen LogP contribution in [0.25, 0.3) is 0 Å². The summed E-state index contributed by atoms with van der Waals surface area (Å²) in [6.45, 7) is 3.78. The van der Waals surface area contributed by atoms with E-state index in [4.69, 9.17) is 4.74 Å². The number of rotatable bonds is 3. The first-order valence-corrected chi connectivity index (χ1v) is 8.31. The maximum atomic E-state index is 12.7. The van der Waals surface area contributed by atoms with E-state index in [1.165, 1.54) is 25.7 Å². The van der Waals surface area contributed by atoms with Crippen molar-refractivity contribution in [1.29, 1.82) is 0 Å². The second-order valence-electron chi connectivity index (χ2n) is 6.21. The summed E-state index contributed by atoms with van der Waals surface area (Å²) in [5.41, 5.74) is 0.668. The van der Waals surface area contributed by atoms with Crippen molar-refractivity contribution in [2.45, 2.75) is 38.1 Å². The molecule has 22 heavy (non-hydrogen) atoms. The molecule has 1 aliphatic heterocycles. The van der Waals surface area contributed by atoms with Gasteiger partial charge in [0.1, 0.15) is 0 Å². The van der Waals surface area contributed by atoms with Crippen LogP contribution in [0.3, 0.4) is 0 Å². The summed E-state index contributed by atoms with van der Waals surface area (Å²) in [5.74, 6) is 0.585. The van der Waals surface area contributed by atoms with Gasteiger partial charge >= 0.3 is 0 Å². The molecule has 1 aliphatic carbocycles. The molecule has 5 nitrogen and oxygen atoms in total. The summed E-state index contributed by atoms with van der Waals surface area (Å²) in [7, 11) is 1.57. The highest BCUT2D eigenvalue weighted by atomic mass is 16.5. The fourth-order valence-electron chi connectivity index (χ4n) is 3.61. The Morgan fingerprint density at radius 3 is 2.77 bits per heavy atom. The maximum absolute atomic E-state index is 12.7. The quantitative estimate of drug-likeness (QED) is 0.858. The van der Waals surface area contributed by atoms with Gasteiger partial charge in [-0.1, -0.05) is 12.8 Å². The molecule has 2 heterocycles. The SMILES string of the molecule is COc1cc(C(=O)N2CCCN(C3CCCC3)CC2)ccn1. The first kappa shape index (κ1) is 15.3. The van der Waals surface area contributed by atoms with Gasteiger partial charge in [-0.15, -0.1) is 0 Å². The number of pyridine rings is 1. The lowest BCUT2D eigenvalue weighted by Gasteiger charge is -2.27. The molecule has 1 aromatic rings. The van der Waals surface area contributed by atoms with E-state index < -0.39 is 0 Å². The topological polar surface area (TPSA) is 45.7 Å². The van der Waals surface area contributed by atoms with Crippen molar-refractivity contribution in [2.75, 3.05) is 33.3 Å². The van der Waals surface area contributed by atoms with Crippen molar-refractivity contribution >= 4 is 5.91 Å². The molecule has 3 rings (SSSR count). The van der Waals surface area contributed by atoms with E-state index in [0.29, 0.717) is 11.4 Å². The van der Waals surface area contributed by atoms with Crippen molar-refractivity contribution in [3.05, 3.63) is 23.9 Å². The van der Waals surface area contributed by atoms with E-state index in [9.17, 15) is 4.79 Å². The molecule has 1 saturated heterocycles. The molecule has 0 unspecified atom stereocenters. The van der Waals surface area contributed by atoms with Crippen LogP contribution in [0.1, 0.15) is 42.5 Å². The predicted octanol–water partition coefficient (Wildman–Crippen LogP) is 2.18. The molecule has 0 bridgehead atoms. The predicted molar refractivity (Wildman–Crippen MR) is 85.1 cm³/mol. The molecule has 1 amide bonds. The second-order valence-corrected chi connectivity index (χ2v) is 6.21. The van der Waals surface area contributed by atoms with Crippen LogP contribution in [0.4, 0.5) is 0 Å². The molecular formula is C17H25N3O2. The van der Waals surface area contributed by atoms with Crippen molar-refractivity contribution in [1.82, 2.24) is 14.8 Å². The molecular weight excluding hydrogens is 278 g/mol. The lowest BCUT2D eigenvalue weighted by Crippen LogP contribution is -2.38. The number of carbonyl (C=O) groups is 1. The van der Waals surface area contributed by atoms with Crippen LogP contribution >= 0.6 is 0 Å². The normalized spacial score (nSPS) is 20.9. The monoisotopic (exact) mass is 303 g/mol. The summed E-state index contributed by atoms with van der Waals surface area (Å²) in [6.07, 6.45) is 8.07. The van der Waals surface area contributed by atoms with Gasteiger partial charge in [0, 0.05) is 50.0 Å². The molecule has 0 spiro atoms. The zero-order chi connectivity index (χ0) is 15.4. The average Bonchev–Trinajstić information content (AvgIpc) is 2.99. The second kappa shape index (κ2) is 7.09. The van der Waals surface area contributed by atoms with Crippen LogP contribution in [0.2, 0.25) is 0 Å². The van der Waals surface area contributed by atoms with Gasteiger partial charge in [-0.2, -0.15) is 0 Å². The maximum Gasteiger partial charge on any atom is 0.254 e. The lowest BCUT2D eigenvalue weighted by atomic mass is 10.2. The minimum atomic E-state index is 0.0916.